The van der Waals surface area contributed by atoms with Gasteiger partial charge in [-0.25, -0.2) is 4.98 Å². The van der Waals surface area contributed by atoms with Crippen LogP contribution in [0.25, 0.3) is 22.4 Å². The molecule has 0 amide bonds. The average molecular weight is 312 g/mol. The van der Waals surface area contributed by atoms with Crippen LogP contribution in [0.2, 0.25) is 5.02 Å². The second kappa shape index (κ2) is 4.93. The van der Waals surface area contributed by atoms with Gasteiger partial charge in [-0.2, -0.15) is 5.26 Å². The molecule has 3 aromatic rings. The van der Waals surface area contributed by atoms with Crippen LogP contribution in [0, 0.1) is 11.3 Å². The van der Waals surface area contributed by atoms with Crippen molar-refractivity contribution < 1.29 is 9.47 Å². The first kappa shape index (κ1) is 13.0. The Morgan fingerprint density at radius 3 is 2.77 bits per heavy atom. The number of nitriles is 1. The van der Waals surface area contributed by atoms with Crippen molar-refractivity contribution in [1.82, 2.24) is 9.55 Å². The van der Waals surface area contributed by atoms with Gasteiger partial charge in [-0.05, 0) is 12.1 Å². The van der Waals surface area contributed by atoms with Crippen LogP contribution in [0.4, 0.5) is 0 Å². The topological polar surface area (TPSA) is 60.1 Å². The van der Waals surface area contributed by atoms with Crippen LogP contribution in [-0.4, -0.2) is 16.3 Å². The van der Waals surface area contributed by atoms with E-state index < -0.39 is 0 Å². The summed E-state index contributed by atoms with van der Waals surface area (Å²) in [6, 6.07) is 13.3. The van der Waals surface area contributed by atoms with Gasteiger partial charge in [0.2, 0.25) is 6.79 Å². The number of benzene rings is 2. The molecule has 0 saturated carbocycles. The lowest BCUT2D eigenvalue weighted by molar-refractivity contribution is 0.174. The molecule has 0 spiro atoms. The monoisotopic (exact) mass is 311 g/mol. The first-order chi connectivity index (χ1) is 10.8. The van der Waals surface area contributed by atoms with Crippen LogP contribution in [0.15, 0.2) is 36.4 Å². The third-order valence-electron chi connectivity index (χ3n) is 3.59. The van der Waals surface area contributed by atoms with E-state index in [-0.39, 0.29) is 13.3 Å². The van der Waals surface area contributed by atoms with Crippen molar-refractivity contribution in [3.63, 3.8) is 0 Å². The molecule has 2 aromatic carbocycles. The van der Waals surface area contributed by atoms with Crippen LogP contribution >= 0.6 is 11.6 Å². The normalized spacial score (nSPS) is 12.5. The van der Waals surface area contributed by atoms with Crippen molar-refractivity contribution in [2.24, 2.45) is 0 Å². The Morgan fingerprint density at radius 2 is 2.00 bits per heavy atom. The van der Waals surface area contributed by atoms with E-state index in [1.165, 1.54) is 0 Å². The van der Waals surface area contributed by atoms with Gasteiger partial charge in [0.25, 0.3) is 0 Å². The van der Waals surface area contributed by atoms with E-state index in [1.807, 2.05) is 34.9 Å². The van der Waals surface area contributed by atoms with Gasteiger partial charge < -0.3 is 14.0 Å². The van der Waals surface area contributed by atoms with Crippen molar-refractivity contribution in [2.45, 2.75) is 6.54 Å². The summed E-state index contributed by atoms with van der Waals surface area (Å²) in [6.07, 6.45) is 0. The van der Waals surface area contributed by atoms with E-state index in [0.29, 0.717) is 22.3 Å². The third-order valence-corrected chi connectivity index (χ3v) is 3.92. The van der Waals surface area contributed by atoms with Gasteiger partial charge in [-0.3, -0.25) is 0 Å². The predicted molar refractivity (Wildman–Crippen MR) is 81.9 cm³/mol. The first-order valence-corrected chi connectivity index (χ1v) is 7.07. The molecule has 4 rings (SSSR count). The summed E-state index contributed by atoms with van der Waals surface area (Å²) in [7, 11) is 0. The van der Waals surface area contributed by atoms with Gasteiger partial charge in [0.05, 0.1) is 22.1 Å². The van der Waals surface area contributed by atoms with Crippen LogP contribution < -0.4 is 9.47 Å². The number of halogens is 1. The summed E-state index contributed by atoms with van der Waals surface area (Å²) in [4.78, 5) is 4.63. The first-order valence-electron chi connectivity index (χ1n) is 6.69. The molecule has 1 aliphatic rings. The Bertz CT molecular complexity index is 927. The van der Waals surface area contributed by atoms with E-state index in [9.17, 15) is 0 Å². The summed E-state index contributed by atoms with van der Waals surface area (Å²) >= 11 is 6.27. The molecule has 0 aliphatic carbocycles. The zero-order valence-electron chi connectivity index (χ0n) is 11.4. The van der Waals surface area contributed by atoms with Crippen LogP contribution in [-0.2, 0) is 6.54 Å². The Morgan fingerprint density at radius 1 is 1.23 bits per heavy atom. The highest BCUT2D eigenvalue weighted by Gasteiger charge is 2.20. The fourth-order valence-corrected chi connectivity index (χ4v) is 2.81. The van der Waals surface area contributed by atoms with Gasteiger partial charge in [-0.15, -0.1) is 0 Å². The van der Waals surface area contributed by atoms with Crippen molar-refractivity contribution in [2.75, 3.05) is 6.79 Å². The van der Waals surface area contributed by atoms with Crippen molar-refractivity contribution in [1.29, 1.82) is 5.26 Å². The molecule has 0 bridgehead atoms. The minimum absolute atomic E-state index is 0.177. The zero-order chi connectivity index (χ0) is 15.1. The highest BCUT2D eigenvalue weighted by molar-refractivity contribution is 6.33. The van der Waals surface area contributed by atoms with Crippen molar-refractivity contribution in [3.05, 3.63) is 41.4 Å². The van der Waals surface area contributed by atoms with E-state index in [2.05, 4.69) is 11.1 Å². The second-order valence-electron chi connectivity index (χ2n) is 4.85. The molecule has 0 radical (unpaired) electrons. The minimum Gasteiger partial charge on any atom is -0.454 e. The smallest absolute Gasteiger partial charge is 0.231 e. The summed E-state index contributed by atoms with van der Waals surface area (Å²) in [5.74, 6) is 1.99. The molecule has 1 aliphatic heterocycles. The molecule has 0 fully saturated rings. The fourth-order valence-electron chi connectivity index (χ4n) is 2.59. The van der Waals surface area contributed by atoms with Gasteiger partial charge in [-0.1, -0.05) is 23.7 Å². The number of imidazole rings is 1. The number of rotatable bonds is 2. The molecule has 0 atom stereocenters. The summed E-state index contributed by atoms with van der Waals surface area (Å²) in [5.41, 5.74) is 2.35. The number of hydrogen-bond donors (Lipinski definition) is 0. The Labute approximate surface area is 131 Å². The third kappa shape index (κ3) is 1.89. The Kier molecular flexibility index (Phi) is 2.91. The average Bonchev–Trinajstić information content (AvgIpc) is 3.10. The highest BCUT2D eigenvalue weighted by Crippen LogP contribution is 2.38. The number of ether oxygens (including phenoxy) is 2. The summed E-state index contributed by atoms with van der Waals surface area (Å²) in [5, 5.41) is 9.74. The van der Waals surface area contributed by atoms with Gasteiger partial charge >= 0.3 is 0 Å². The molecule has 22 heavy (non-hydrogen) atoms. The molecule has 5 nitrogen and oxygen atoms in total. The van der Waals surface area contributed by atoms with E-state index in [0.717, 1.165) is 16.6 Å². The number of fused-ring (bicyclic) bond motifs is 2. The highest BCUT2D eigenvalue weighted by atomic mass is 35.5. The standard InChI is InChI=1S/C16H10ClN3O2/c17-11-4-2-1-3-10(11)16-19-12-7-14-15(22-9-21-14)8-13(12)20(16)6-5-18/h1-4,7-8H,6,9H2. The second-order valence-corrected chi connectivity index (χ2v) is 5.26. The van der Waals surface area contributed by atoms with E-state index in [1.54, 1.807) is 6.07 Å². The fraction of sp³-hybridized carbons (Fsp3) is 0.125. The molecule has 2 heterocycles. The molecule has 1 aromatic heterocycles. The molecular formula is C16H10ClN3O2. The SMILES string of the molecule is N#CCn1c(-c2ccccc2Cl)nc2cc3c(cc21)OCO3. The lowest BCUT2D eigenvalue weighted by atomic mass is 10.2. The molecule has 108 valence electrons. The zero-order valence-corrected chi connectivity index (χ0v) is 12.2. The number of nitrogens with zero attached hydrogens (tertiary/aromatic N) is 3. The van der Waals surface area contributed by atoms with Crippen LogP contribution in [0.3, 0.4) is 0 Å². The number of hydrogen-bond acceptors (Lipinski definition) is 4. The lowest BCUT2D eigenvalue weighted by Gasteiger charge is -2.06. The van der Waals surface area contributed by atoms with E-state index in [4.69, 9.17) is 26.3 Å². The Balaban J connectivity index is 2.01. The van der Waals surface area contributed by atoms with Gasteiger partial charge in [0, 0.05) is 17.7 Å². The molecule has 6 heteroatoms. The molecule has 0 unspecified atom stereocenters. The maximum Gasteiger partial charge on any atom is 0.231 e. The predicted octanol–water partition coefficient (Wildman–Crippen LogP) is 3.61. The lowest BCUT2D eigenvalue weighted by Crippen LogP contribution is -1.99. The maximum absolute atomic E-state index is 9.14. The van der Waals surface area contributed by atoms with Crippen molar-refractivity contribution >= 4 is 22.6 Å². The minimum atomic E-state index is 0.177. The molecule has 0 N–H and O–H groups in total. The van der Waals surface area contributed by atoms with E-state index >= 15 is 0 Å². The van der Waals surface area contributed by atoms with Crippen LogP contribution in [0.1, 0.15) is 0 Å². The quantitative estimate of drug-likeness (QED) is 0.725. The number of aromatic nitrogens is 2. The van der Waals surface area contributed by atoms with Gasteiger partial charge in [0.1, 0.15) is 12.4 Å². The van der Waals surface area contributed by atoms with Crippen LogP contribution in [0.5, 0.6) is 11.5 Å². The molecule has 0 saturated heterocycles. The van der Waals surface area contributed by atoms with Gasteiger partial charge in [0.15, 0.2) is 11.5 Å². The summed E-state index contributed by atoms with van der Waals surface area (Å²) < 4.78 is 12.6. The Hall–Kier alpha value is -2.71. The largest absolute Gasteiger partial charge is 0.454 e. The van der Waals surface area contributed by atoms with Crippen molar-refractivity contribution in [3.8, 4) is 29.0 Å². The molecular weight excluding hydrogens is 302 g/mol. The maximum atomic E-state index is 9.14. The summed E-state index contributed by atoms with van der Waals surface area (Å²) in [6.45, 7) is 0.383.